The van der Waals surface area contributed by atoms with E-state index in [0.29, 0.717) is 24.4 Å². The Kier molecular flexibility index (Phi) is 7.96. The molecule has 2 aromatic carbocycles. The number of aryl methyl sites for hydroxylation is 3. The maximum atomic E-state index is 13.5. The Morgan fingerprint density at radius 1 is 0.974 bits per heavy atom. The highest BCUT2D eigenvalue weighted by Gasteiger charge is 2.42. The highest BCUT2D eigenvalue weighted by Crippen LogP contribution is 2.45. The van der Waals surface area contributed by atoms with E-state index in [1.165, 1.54) is 30.0 Å². The second-order valence-electron chi connectivity index (χ2n) is 10.6. The molecular weight excluding hydrogens is 508 g/mol. The monoisotopic (exact) mass is 544 g/mol. The number of carbonyl (C=O) groups excluding carboxylic acids is 2. The van der Waals surface area contributed by atoms with Gasteiger partial charge in [-0.2, -0.15) is 0 Å². The van der Waals surface area contributed by atoms with Crippen molar-refractivity contribution in [2.24, 2.45) is 4.99 Å². The predicted octanol–water partition coefficient (Wildman–Crippen LogP) is 5.09. The molecule has 204 valence electrons. The van der Waals surface area contributed by atoms with Crippen molar-refractivity contribution in [2.75, 3.05) is 33.3 Å². The lowest BCUT2D eigenvalue weighted by Crippen LogP contribution is -2.48. The number of carbonyl (C=O) groups is 2. The van der Waals surface area contributed by atoms with Crippen LogP contribution in [0.15, 0.2) is 69.8 Å². The number of hydrogen-bond acceptors (Lipinski definition) is 7. The van der Waals surface area contributed by atoms with Crippen LogP contribution in [-0.4, -0.2) is 65.0 Å². The molecule has 39 heavy (non-hydrogen) atoms. The van der Waals surface area contributed by atoms with Crippen molar-refractivity contribution in [3.8, 4) is 0 Å². The minimum atomic E-state index is -0.397. The molecule has 0 aromatic heterocycles. The SMILES string of the molecule is COC(=O)C1=C(C)N=C2SC=C(CC(=O)N3CCN(Cc4ccc(C)cc4)CC3)N2[C@H]1c1ccc(C)cc1C. The molecule has 0 saturated carbocycles. The third-order valence-corrected chi connectivity index (χ3v) is 8.60. The number of aliphatic imine (C=N–C) groups is 1. The summed E-state index contributed by atoms with van der Waals surface area (Å²) < 4.78 is 5.20. The molecule has 3 aliphatic rings. The number of fused-ring (bicyclic) bond motifs is 1. The number of amides is 1. The van der Waals surface area contributed by atoms with Crippen molar-refractivity contribution in [1.82, 2.24) is 14.7 Å². The van der Waals surface area contributed by atoms with Crippen molar-refractivity contribution in [3.05, 3.63) is 92.7 Å². The number of thioether (sulfide) groups is 1. The van der Waals surface area contributed by atoms with E-state index in [9.17, 15) is 9.59 Å². The summed E-state index contributed by atoms with van der Waals surface area (Å²) in [6, 6.07) is 14.5. The third kappa shape index (κ3) is 5.68. The molecule has 0 N–H and O–H groups in total. The van der Waals surface area contributed by atoms with Gasteiger partial charge < -0.3 is 14.5 Å². The van der Waals surface area contributed by atoms with Crippen molar-refractivity contribution in [2.45, 2.75) is 46.7 Å². The van der Waals surface area contributed by atoms with Gasteiger partial charge in [0.15, 0.2) is 5.17 Å². The lowest BCUT2D eigenvalue weighted by Gasteiger charge is -2.38. The smallest absolute Gasteiger partial charge is 0.338 e. The van der Waals surface area contributed by atoms with Crippen LogP contribution in [0.5, 0.6) is 0 Å². The molecule has 1 fully saturated rings. The number of piperazine rings is 1. The van der Waals surface area contributed by atoms with Gasteiger partial charge in [0.05, 0.1) is 30.8 Å². The van der Waals surface area contributed by atoms with Gasteiger partial charge in [0.1, 0.15) is 0 Å². The maximum Gasteiger partial charge on any atom is 0.338 e. The molecule has 0 aliphatic carbocycles. The average Bonchev–Trinajstić information content (AvgIpc) is 3.31. The average molecular weight is 545 g/mol. The van der Waals surface area contributed by atoms with Crippen LogP contribution in [0.1, 0.15) is 47.2 Å². The third-order valence-electron chi connectivity index (χ3n) is 7.71. The minimum Gasteiger partial charge on any atom is -0.466 e. The maximum absolute atomic E-state index is 13.5. The summed E-state index contributed by atoms with van der Waals surface area (Å²) in [6.07, 6.45) is 0.263. The van der Waals surface area contributed by atoms with E-state index in [0.717, 1.165) is 47.2 Å². The molecule has 0 radical (unpaired) electrons. The number of amidine groups is 1. The molecule has 0 bridgehead atoms. The normalized spacial score (nSPS) is 19.6. The van der Waals surface area contributed by atoms with E-state index in [1.54, 1.807) is 0 Å². The summed E-state index contributed by atoms with van der Waals surface area (Å²) in [4.78, 5) is 37.7. The first kappa shape index (κ1) is 27.2. The van der Waals surface area contributed by atoms with Gasteiger partial charge in [0, 0.05) is 38.4 Å². The first-order chi connectivity index (χ1) is 18.7. The summed E-state index contributed by atoms with van der Waals surface area (Å²) in [5.41, 5.74) is 7.84. The fraction of sp³-hybridized carbons (Fsp3) is 0.387. The van der Waals surface area contributed by atoms with E-state index in [4.69, 9.17) is 9.73 Å². The van der Waals surface area contributed by atoms with Crippen molar-refractivity contribution >= 4 is 28.8 Å². The van der Waals surface area contributed by atoms with Gasteiger partial charge in [-0.15, -0.1) is 0 Å². The summed E-state index contributed by atoms with van der Waals surface area (Å²) in [6.45, 7) is 12.1. The van der Waals surface area contributed by atoms with E-state index in [2.05, 4.69) is 73.0 Å². The van der Waals surface area contributed by atoms with Crippen LogP contribution < -0.4 is 0 Å². The lowest BCUT2D eigenvalue weighted by atomic mass is 9.90. The Labute approximate surface area is 235 Å². The van der Waals surface area contributed by atoms with Gasteiger partial charge >= 0.3 is 5.97 Å². The van der Waals surface area contributed by atoms with Gasteiger partial charge in [0.25, 0.3) is 0 Å². The molecule has 0 spiro atoms. The second-order valence-corrected chi connectivity index (χ2v) is 11.4. The number of benzene rings is 2. The quantitative estimate of drug-likeness (QED) is 0.472. The Morgan fingerprint density at radius 2 is 1.67 bits per heavy atom. The molecule has 0 unspecified atom stereocenters. The molecule has 1 saturated heterocycles. The van der Waals surface area contributed by atoms with Gasteiger partial charge in [-0.05, 0) is 49.8 Å². The Bertz CT molecular complexity index is 1370. The van der Waals surface area contributed by atoms with Crippen LogP contribution in [0.25, 0.3) is 0 Å². The van der Waals surface area contributed by atoms with Gasteiger partial charge in [0.2, 0.25) is 5.91 Å². The molecule has 3 heterocycles. The second kappa shape index (κ2) is 11.4. The van der Waals surface area contributed by atoms with Crippen LogP contribution in [-0.2, 0) is 20.9 Å². The van der Waals surface area contributed by atoms with E-state index < -0.39 is 12.0 Å². The van der Waals surface area contributed by atoms with Gasteiger partial charge in [-0.1, -0.05) is 65.4 Å². The number of allylic oxidation sites excluding steroid dienone is 1. The van der Waals surface area contributed by atoms with E-state index >= 15 is 0 Å². The number of ether oxygens (including phenoxy) is 1. The first-order valence-electron chi connectivity index (χ1n) is 13.4. The number of rotatable bonds is 6. The van der Waals surface area contributed by atoms with Crippen molar-refractivity contribution < 1.29 is 14.3 Å². The molecule has 8 heteroatoms. The zero-order chi connectivity index (χ0) is 27.7. The number of hydrogen-bond donors (Lipinski definition) is 0. The standard InChI is InChI=1S/C31H36N4O3S/c1-20-6-9-24(10-7-20)18-33-12-14-34(15-13-33)27(36)17-25-19-39-31-32-23(4)28(30(37)38-5)29(35(25)31)26-11-8-21(2)16-22(26)3/h6-11,16,19,29H,12-15,17-18H2,1-5H3/t29-/m0/s1. The molecule has 1 atom stereocenters. The van der Waals surface area contributed by atoms with E-state index in [1.807, 2.05) is 17.2 Å². The minimum absolute atomic E-state index is 0.100. The highest BCUT2D eigenvalue weighted by molar-refractivity contribution is 8.16. The molecule has 5 rings (SSSR count). The van der Waals surface area contributed by atoms with Crippen molar-refractivity contribution in [3.63, 3.8) is 0 Å². The van der Waals surface area contributed by atoms with Crippen LogP contribution in [0, 0.1) is 20.8 Å². The van der Waals surface area contributed by atoms with Crippen LogP contribution in [0.3, 0.4) is 0 Å². The van der Waals surface area contributed by atoms with E-state index in [-0.39, 0.29) is 12.3 Å². The Morgan fingerprint density at radius 3 is 2.33 bits per heavy atom. The molecule has 3 aliphatic heterocycles. The predicted molar refractivity (Wildman–Crippen MR) is 156 cm³/mol. The fourth-order valence-corrected chi connectivity index (χ4v) is 6.51. The summed E-state index contributed by atoms with van der Waals surface area (Å²) in [5, 5.41) is 2.80. The summed E-state index contributed by atoms with van der Waals surface area (Å²) in [7, 11) is 1.40. The molecular formula is C31H36N4O3S. The molecule has 1 amide bonds. The number of nitrogens with zero attached hydrogens (tertiary/aromatic N) is 4. The van der Waals surface area contributed by atoms with Crippen LogP contribution in [0.2, 0.25) is 0 Å². The molecule has 7 nitrogen and oxygen atoms in total. The van der Waals surface area contributed by atoms with Crippen LogP contribution >= 0.6 is 11.8 Å². The first-order valence-corrected chi connectivity index (χ1v) is 14.3. The zero-order valence-corrected chi connectivity index (χ0v) is 24.2. The zero-order valence-electron chi connectivity index (χ0n) is 23.4. The van der Waals surface area contributed by atoms with Gasteiger partial charge in [-0.3, -0.25) is 9.69 Å². The topological polar surface area (TPSA) is 65.5 Å². The highest BCUT2D eigenvalue weighted by atomic mass is 32.2. The molecule has 2 aromatic rings. The summed E-state index contributed by atoms with van der Waals surface area (Å²) in [5.74, 6) is -0.295. The largest absolute Gasteiger partial charge is 0.466 e. The fourth-order valence-electron chi connectivity index (χ4n) is 5.54. The number of methoxy groups -OCH3 is 1. The Hall–Kier alpha value is -3.36. The number of esters is 1. The summed E-state index contributed by atoms with van der Waals surface area (Å²) >= 11 is 1.51. The Balaban J connectivity index is 1.32. The van der Waals surface area contributed by atoms with Gasteiger partial charge in [-0.25, -0.2) is 9.79 Å². The van der Waals surface area contributed by atoms with Crippen molar-refractivity contribution in [1.29, 1.82) is 0 Å². The lowest BCUT2D eigenvalue weighted by molar-refractivity contribution is -0.136. The van der Waals surface area contributed by atoms with Crippen LogP contribution in [0.4, 0.5) is 0 Å².